The maximum Gasteiger partial charge on any atom is 0.264 e. The first-order valence-electron chi connectivity index (χ1n) is 12.0. The van der Waals surface area contributed by atoms with Crippen molar-refractivity contribution in [3.63, 3.8) is 0 Å². The summed E-state index contributed by atoms with van der Waals surface area (Å²) in [7, 11) is -1.55. The second kappa shape index (κ2) is 11.8. The number of ether oxygens (including phenoxy) is 1. The van der Waals surface area contributed by atoms with Gasteiger partial charge in [-0.3, -0.25) is 14.5 Å². The molecule has 0 aliphatic heterocycles. The molecule has 1 amide bonds. The molecule has 0 aliphatic rings. The van der Waals surface area contributed by atoms with Crippen molar-refractivity contribution in [1.82, 2.24) is 14.9 Å². The fourth-order valence-electron chi connectivity index (χ4n) is 4.04. The fraction of sp³-hybridized carbons (Fsp3) is 0.179. The summed E-state index contributed by atoms with van der Waals surface area (Å²) in [6.07, 6.45) is 4.60. The molecule has 0 radical (unpaired) electrons. The van der Waals surface area contributed by atoms with E-state index in [-0.39, 0.29) is 30.6 Å². The van der Waals surface area contributed by atoms with E-state index in [1.807, 2.05) is 6.07 Å². The molecular weight excluding hydrogens is 542 g/mol. The second-order valence-corrected chi connectivity index (χ2v) is 10.5. The van der Waals surface area contributed by atoms with Crippen LogP contribution >= 0.6 is 0 Å². The fourth-order valence-corrected chi connectivity index (χ4v) is 5.15. The van der Waals surface area contributed by atoms with Crippen LogP contribution in [0.15, 0.2) is 71.9 Å². The minimum atomic E-state index is -4.45. The number of nitrogens with zero attached hydrogens (tertiary/aromatic N) is 3. The van der Waals surface area contributed by atoms with Gasteiger partial charge in [0.25, 0.3) is 10.0 Å². The third-order valence-electron chi connectivity index (χ3n) is 6.12. The van der Waals surface area contributed by atoms with Gasteiger partial charge in [-0.15, -0.1) is 0 Å². The van der Waals surface area contributed by atoms with Crippen molar-refractivity contribution < 1.29 is 31.8 Å². The van der Waals surface area contributed by atoms with Crippen molar-refractivity contribution in [1.29, 1.82) is 0 Å². The first-order valence-corrected chi connectivity index (χ1v) is 13.5. The molecule has 0 unspecified atom stereocenters. The molecule has 0 fully saturated rings. The number of nitrogens with one attached hydrogen (secondary N) is 1. The lowest BCUT2D eigenvalue weighted by Crippen LogP contribution is -2.27. The van der Waals surface area contributed by atoms with Crippen molar-refractivity contribution in [3.05, 3.63) is 84.2 Å². The minimum absolute atomic E-state index is 0.0520. The average molecular weight is 569 g/mol. The summed E-state index contributed by atoms with van der Waals surface area (Å²) in [5.41, 5.74) is 3.22. The van der Waals surface area contributed by atoms with E-state index >= 15 is 0 Å². The molecular formula is C28H26F2N4O5S. The molecule has 4 aromatic rings. The number of allylic oxidation sites excluding steroid dienone is 1. The lowest BCUT2D eigenvalue weighted by Gasteiger charge is -2.15. The first-order chi connectivity index (χ1) is 19.0. The van der Waals surface area contributed by atoms with E-state index in [2.05, 4.69) is 14.7 Å². The Hall–Kier alpha value is -4.42. The molecule has 208 valence electrons. The Morgan fingerprint density at radius 2 is 1.88 bits per heavy atom. The van der Waals surface area contributed by atoms with Crippen LogP contribution in [0.1, 0.15) is 12.5 Å². The maximum atomic E-state index is 14.2. The zero-order valence-electron chi connectivity index (χ0n) is 21.9. The number of likely N-dealkylation sites (N-methyl/N-ethyl adjacent to an activating group) is 1. The van der Waals surface area contributed by atoms with E-state index in [1.54, 1.807) is 38.4 Å². The highest BCUT2D eigenvalue weighted by Gasteiger charge is 2.22. The first kappa shape index (κ1) is 28.6. The Morgan fingerprint density at radius 3 is 2.58 bits per heavy atom. The normalized spacial score (nSPS) is 11.9. The summed E-state index contributed by atoms with van der Waals surface area (Å²) in [5, 5.41) is 9.84. The summed E-state index contributed by atoms with van der Waals surface area (Å²) in [5.74, 6) is -2.46. The van der Waals surface area contributed by atoms with Crippen molar-refractivity contribution in [2.75, 3.05) is 32.0 Å². The van der Waals surface area contributed by atoms with Crippen molar-refractivity contribution >= 4 is 38.1 Å². The summed E-state index contributed by atoms with van der Waals surface area (Å²) in [4.78, 5) is 21.8. The highest BCUT2D eigenvalue weighted by Crippen LogP contribution is 2.33. The maximum absolute atomic E-state index is 14.2. The van der Waals surface area contributed by atoms with Gasteiger partial charge in [-0.1, -0.05) is 6.07 Å². The van der Waals surface area contributed by atoms with E-state index in [0.717, 1.165) is 23.1 Å². The SMILES string of the molecule is COc1ncc(-c2ccc3nccc(/C(C)=C/C(=O)N(C)CCO)c3c2)cc1NS(=O)(=O)c1ccc(F)cc1F. The number of sulfonamides is 1. The van der Waals surface area contributed by atoms with Crippen molar-refractivity contribution in [2.45, 2.75) is 11.8 Å². The minimum Gasteiger partial charge on any atom is -0.480 e. The number of pyridine rings is 2. The molecule has 9 nitrogen and oxygen atoms in total. The number of methoxy groups -OCH3 is 1. The van der Waals surface area contributed by atoms with Gasteiger partial charge < -0.3 is 14.7 Å². The van der Waals surface area contributed by atoms with Gasteiger partial charge in [0.1, 0.15) is 22.2 Å². The quantitative estimate of drug-likeness (QED) is 0.290. The standard InChI is InChI=1S/C28H26F2N4O5S/c1-17(12-27(36)34(2)10-11-35)21-8-9-31-24-6-4-18(13-22(21)24)19-14-25(28(39-3)32-16-19)33-40(37,38)26-7-5-20(29)15-23(26)30/h4-9,12-16,33,35H,10-11H2,1-3H3/b17-12+. The number of fused-ring (bicyclic) bond motifs is 1. The van der Waals surface area contributed by atoms with Crippen LogP contribution in [-0.4, -0.2) is 61.6 Å². The van der Waals surface area contributed by atoms with E-state index in [0.29, 0.717) is 28.3 Å². The van der Waals surface area contributed by atoms with E-state index < -0.39 is 26.6 Å². The van der Waals surface area contributed by atoms with Crippen LogP contribution in [0.5, 0.6) is 5.88 Å². The van der Waals surface area contributed by atoms with Gasteiger partial charge in [-0.25, -0.2) is 22.2 Å². The number of rotatable bonds is 9. The van der Waals surface area contributed by atoms with E-state index in [9.17, 15) is 22.0 Å². The molecule has 0 bridgehead atoms. The number of benzene rings is 2. The van der Waals surface area contributed by atoms with Gasteiger partial charge >= 0.3 is 0 Å². The zero-order chi connectivity index (χ0) is 29.0. The molecule has 4 rings (SSSR count). The Bertz CT molecular complexity index is 1730. The lowest BCUT2D eigenvalue weighted by molar-refractivity contribution is -0.125. The number of carbonyl (C=O) groups is 1. The Labute approximate surface area is 229 Å². The van der Waals surface area contributed by atoms with Gasteiger partial charge in [0, 0.05) is 49.1 Å². The number of anilines is 1. The van der Waals surface area contributed by atoms with Crippen LogP contribution in [0, 0.1) is 11.6 Å². The number of halogens is 2. The van der Waals surface area contributed by atoms with Crippen LogP contribution in [0.4, 0.5) is 14.5 Å². The number of aliphatic hydroxyl groups is 1. The van der Waals surface area contributed by atoms with Gasteiger partial charge in [-0.2, -0.15) is 0 Å². The van der Waals surface area contributed by atoms with Crippen molar-refractivity contribution in [3.8, 4) is 17.0 Å². The number of aliphatic hydroxyl groups excluding tert-OH is 1. The molecule has 2 aromatic heterocycles. The van der Waals surface area contributed by atoms with Crippen LogP contribution in [0.3, 0.4) is 0 Å². The molecule has 12 heteroatoms. The Morgan fingerprint density at radius 1 is 1.10 bits per heavy atom. The van der Waals surface area contributed by atoms with E-state index in [4.69, 9.17) is 9.84 Å². The van der Waals surface area contributed by atoms with Crippen LogP contribution < -0.4 is 9.46 Å². The third-order valence-corrected chi connectivity index (χ3v) is 7.52. The smallest absolute Gasteiger partial charge is 0.264 e. The molecule has 0 spiro atoms. The number of hydrogen-bond acceptors (Lipinski definition) is 7. The summed E-state index contributed by atoms with van der Waals surface area (Å²) in [6, 6.07) is 10.8. The van der Waals surface area contributed by atoms with Crippen LogP contribution in [0.25, 0.3) is 27.6 Å². The number of aromatic nitrogens is 2. The van der Waals surface area contributed by atoms with Gasteiger partial charge in [0.15, 0.2) is 0 Å². The molecule has 0 saturated carbocycles. The lowest BCUT2D eigenvalue weighted by atomic mass is 9.98. The topological polar surface area (TPSA) is 122 Å². The summed E-state index contributed by atoms with van der Waals surface area (Å²) < 4.78 is 60.8. The predicted octanol–water partition coefficient (Wildman–Crippen LogP) is 4.24. The molecule has 0 saturated heterocycles. The highest BCUT2D eigenvalue weighted by atomic mass is 32.2. The van der Waals surface area contributed by atoms with Crippen LogP contribution in [-0.2, 0) is 14.8 Å². The van der Waals surface area contributed by atoms with Crippen molar-refractivity contribution in [2.24, 2.45) is 0 Å². The predicted molar refractivity (Wildman–Crippen MR) is 147 cm³/mol. The monoisotopic (exact) mass is 568 g/mol. The molecule has 2 N–H and O–H groups in total. The van der Waals surface area contributed by atoms with Gasteiger partial charge in [-0.05, 0) is 60.0 Å². The molecule has 0 aliphatic carbocycles. The summed E-state index contributed by atoms with van der Waals surface area (Å²) in [6.45, 7) is 1.85. The zero-order valence-corrected chi connectivity index (χ0v) is 22.7. The Balaban J connectivity index is 1.75. The number of carbonyl (C=O) groups excluding carboxylic acids is 1. The average Bonchev–Trinajstić information content (AvgIpc) is 2.92. The highest BCUT2D eigenvalue weighted by molar-refractivity contribution is 7.92. The van der Waals surface area contributed by atoms with E-state index in [1.165, 1.54) is 30.3 Å². The van der Waals surface area contributed by atoms with Crippen LogP contribution in [0.2, 0.25) is 0 Å². The Kier molecular flexibility index (Phi) is 8.40. The third kappa shape index (κ3) is 6.08. The van der Waals surface area contributed by atoms with Gasteiger partial charge in [0.05, 0.1) is 19.2 Å². The number of hydrogen-bond donors (Lipinski definition) is 2. The van der Waals surface area contributed by atoms with Gasteiger partial charge in [0.2, 0.25) is 11.8 Å². The number of amides is 1. The molecule has 0 atom stereocenters. The molecule has 2 aromatic carbocycles. The largest absolute Gasteiger partial charge is 0.480 e. The molecule has 2 heterocycles. The summed E-state index contributed by atoms with van der Waals surface area (Å²) >= 11 is 0. The molecule has 40 heavy (non-hydrogen) atoms. The second-order valence-electron chi connectivity index (χ2n) is 8.86.